The van der Waals surface area contributed by atoms with Gasteiger partial charge in [0.25, 0.3) is 0 Å². The van der Waals surface area contributed by atoms with Crippen LogP contribution in [0.4, 0.5) is 0 Å². The SMILES string of the molecule is NC1CCc2ccccc2-c2ccccc21. The largest absolute Gasteiger partial charge is 0.324 e. The third kappa shape index (κ3) is 1.44. The topological polar surface area (TPSA) is 26.0 Å². The van der Waals surface area contributed by atoms with Crippen molar-refractivity contribution in [1.29, 1.82) is 0 Å². The molecular weight excluding hydrogens is 194 g/mol. The van der Waals surface area contributed by atoms with Crippen LogP contribution in [0.1, 0.15) is 23.6 Å². The van der Waals surface area contributed by atoms with Crippen LogP contribution in [0.3, 0.4) is 0 Å². The van der Waals surface area contributed by atoms with E-state index in [0.717, 1.165) is 12.8 Å². The summed E-state index contributed by atoms with van der Waals surface area (Å²) < 4.78 is 0. The number of fused-ring (bicyclic) bond motifs is 3. The second-order valence-corrected chi connectivity index (χ2v) is 4.39. The fourth-order valence-electron chi connectivity index (χ4n) is 2.53. The lowest BCUT2D eigenvalue weighted by Gasteiger charge is -2.12. The first-order chi connectivity index (χ1) is 7.86. The molecule has 1 unspecified atom stereocenters. The predicted molar refractivity (Wildman–Crippen MR) is 67.1 cm³/mol. The predicted octanol–water partition coefficient (Wildman–Crippen LogP) is 3.30. The number of nitrogens with two attached hydrogens (primary N) is 1. The molecule has 3 rings (SSSR count). The Morgan fingerprint density at radius 2 is 1.56 bits per heavy atom. The molecular formula is C15H15N. The molecule has 0 bridgehead atoms. The fourth-order valence-corrected chi connectivity index (χ4v) is 2.53. The van der Waals surface area contributed by atoms with Crippen molar-refractivity contribution in [3.8, 4) is 11.1 Å². The van der Waals surface area contributed by atoms with Crippen molar-refractivity contribution in [2.24, 2.45) is 5.73 Å². The monoisotopic (exact) mass is 209 g/mol. The Morgan fingerprint density at radius 1 is 0.875 bits per heavy atom. The quantitative estimate of drug-likeness (QED) is 0.707. The number of aryl methyl sites for hydroxylation is 1. The molecule has 2 aromatic carbocycles. The van der Waals surface area contributed by atoms with E-state index in [1.807, 2.05) is 0 Å². The van der Waals surface area contributed by atoms with Gasteiger partial charge in [-0.2, -0.15) is 0 Å². The molecule has 80 valence electrons. The van der Waals surface area contributed by atoms with Gasteiger partial charge < -0.3 is 5.73 Å². The van der Waals surface area contributed by atoms with Gasteiger partial charge in [-0.25, -0.2) is 0 Å². The molecule has 2 N–H and O–H groups in total. The highest BCUT2D eigenvalue weighted by Gasteiger charge is 2.18. The summed E-state index contributed by atoms with van der Waals surface area (Å²) in [4.78, 5) is 0. The summed E-state index contributed by atoms with van der Waals surface area (Å²) in [5.41, 5.74) is 11.6. The molecule has 0 radical (unpaired) electrons. The first-order valence-electron chi connectivity index (χ1n) is 5.79. The van der Waals surface area contributed by atoms with Gasteiger partial charge >= 0.3 is 0 Å². The van der Waals surface area contributed by atoms with Crippen molar-refractivity contribution in [3.05, 3.63) is 59.7 Å². The second-order valence-electron chi connectivity index (χ2n) is 4.39. The molecule has 1 aliphatic rings. The zero-order valence-corrected chi connectivity index (χ0v) is 9.19. The Balaban J connectivity index is 2.28. The second kappa shape index (κ2) is 3.76. The van der Waals surface area contributed by atoms with Gasteiger partial charge in [-0.15, -0.1) is 0 Å². The highest BCUT2D eigenvalue weighted by Crippen LogP contribution is 2.35. The van der Waals surface area contributed by atoms with Gasteiger partial charge in [-0.3, -0.25) is 0 Å². The number of rotatable bonds is 0. The lowest BCUT2D eigenvalue weighted by atomic mass is 9.96. The molecule has 0 aliphatic heterocycles. The van der Waals surface area contributed by atoms with Gasteiger partial charge in [-0.05, 0) is 35.1 Å². The van der Waals surface area contributed by atoms with Gasteiger partial charge in [0.05, 0.1) is 0 Å². The summed E-state index contributed by atoms with van der Waals surface area (Å²) in [6.45, 7) is 0. The Labute approximate surface area is 95.9 Å². The standard InChI is InChI=1S/C15H15N/c16-15-10-9-11-5-1-2-6-12(11)13-7-3-4-8-14(13)15/h1-8,15H,9-10,16H2. The zero-order valence-electron chi connectivity index (χ0n) is 9.19. The summed E-state index contributed by atoms with van der Waals surface area (Å²) in [5.74, 6) is 0. The summed E-state index contributed by atoms with van der Waals surface area (Å²) in [5, 5.41) is 0. The van der Waals surface area contributed by atoms with Gasteiger partial charge in [-0.1, -0.05) is 48.5 Å². The molecule has 2 aromatic rings. The van der Waals surface area contributed by atoms with E-state index in [1.54, 1.807) is 0 Å². The lowest BCUT2D eigenvalue weighted by Crippen LogP contribution is -2.10. The zero-order chi connectivity index (χ0) is 11.0. The van der Waals surface area contributed by atoms with E-state index in [-0.39, 0.29) is 6.04 Å². The van der Waals surface area contributed by atoms with Gasteiger partial charge in [0, 0.05) is 6.04 Å². The van der Waals surface area contributed by atoms with Gasteiger partial charge in [0.2, 0.25) is 0 Å². The maximum absolute atomic E-state index is 6.23. The third-order valence-electron chi connectivity index (χ3n) is 3.39. The van der Waals surface area contributed by atoms with Crippen molar-refractivity contribution in [2.45, 2.75) is 18.9 Å². The van der Waals surface area contributed by atoms with Crippen LogP contribution in [0.25, 0.3) is 11.1 Å². The molecule has 0 amide bonds. The van der Waals surface area contributed by atoms with E-state index >= 15 is 0 Å². The van der Waals surface area contributed by atoms with Crippen molar-refractivity contribution in [2.75, 3.05) is 0 Å². The highest BCUT2D eigenvalue weighted by atomic mass is 14.6. The summed E-state index contributed by atoms with van der Waals surface area (Å²) in [6.07, 6.45) is 2.11. The summed E-state index contributed by atoms with van der Waals surface area (Å²) in [6, 6.07) is 17.3. The van der Waals surface area contributed by atoms with Crippen molar-refractivity contribution in [3.63, 3.8) is 0 Å². The van der Waals surface area contributed by atoms with Gasteiger partial charge in [0.15, 0.2) is 0 Å². The Bertz CT molecular complexity index is 516. The summed E-state index contributed by atoms with van der Waals surface area (Å²) >= 11 is 0. The Hall–Kier alpha value is -1.60. The Morgan fingerprint density at radius 3 is 2.44 bits per heavy atom. The van der Waals surface area contributed by atoms with Crippen LogP contribution in [-0.4, -0.2) is 0 Å². The molecule has 0 heterocycles. The van der Waals surface area contributed by atoms with E-state index in [9.17, 15) is 0 Å². The summed E-state index contributed by atoms with van der Waals surface area (Å²) in [7, 11) is 0. The first kappa shape index (κ1) is 9.61. The lowest BCUT2D eigenvalue weighted by molar-refractivity contribution is 0.660. The van der Waals surface area contributed by atoms with Crippen LogP contribution >= 0.6 is 0 Å². The maximum Gasteiger partial charge on any atom is 0.0304 e. The smallest absolute Gasteiger partial charge is 0.0304 e. The molecule has 0 saturated heterocycles. The molecule has 0 spiro atoms. The number of hydrogen-bond donors (Lipinski definition) is 1. The van der Waals surface area contributed by atoms with Crippen molar-refractivity contribution < 1.29 is 0 Å². The molecule has 0 fully saturated rings. The van der Waals surface area contributed by atoms with Gasteiger partial charge in [0.1, 0.15) is 0 Å². The molecule has 16 heavy (non-hydrogen) atoms. The molecule has 1 heteroatoms. The van der Waals surface area contributed by atoms with Crippen LogP contribution < -0.4 is 5.73 Å². The van der Waals surface area contributed by atoms with Crippen LogP contribution in [0.5, 0.6) is 0 Å². The van der Waals surface area contributed by atoms with Crippen molar-refractivity contribution in [1.82, 2.24) is 0 Å². The van der Waals surface area contributed by atoms with Crippen LogP contribution in [0.2, 0.25) is 0 Å². The average molecular weight is 209 g/mol. The fraction of sp³-hybridized carbons (Fsp3) is 0.200. The molecule has 0 saturated carbocycles. The van der Waals surface area contributed by atoms with E-state index in [2.05, 4.69) is 48.5 Å². The maximum atomic E-state index is 6.23. The van der Waals surface area contributed by atoms with E-state index in [4.69, 9.17) is 5.73 Å². The third-order valence-corrected chi connectivity index (χ3v) is 3.39. The van der Waals surface area contributed by atoms with Crippen LogP contribution in [0.15, 0.2) is 48.5 Å². The van der Waals surface area contributed by atoms with Crippen molar-refractivity contribution >= 4 is 0 Å². The van der Waals surface area contributed by atoms with Crippen LogP contribution in [-0.2, 0) is 6.42 Å². The van der Waals surface area contributed by atoms with E-state index < -0.39 is 0 Å². The van der Waals surface area contributed by atoms with E-state index in [0.29, 0.717) is 0 Å². The normalized spacial score (nSPS) is 18.4. The minimum absolute atomic E-state index is 0.170. The average Bonchev–Trinajstić information content (AvgIpc) is 2.49. The first-order valence-corrected chi connectivity index (χ1v) is 5.79. The number of benzene rings is 2. The molecule has 1 aliphatic carbocycles. The number of hydrogen-bond acceptors (Lipinski definition) is 1. The Kier molecular flexibility index (Phi) is 2.26. The molecule has 1 nitrogen and oxygen atoms in total. The highest BCUT2D eigenvalue weighted by molar-refractivity contribution is 5.72. The van der Waals surface area contributed by atoms with Crippen LogP contribution in [0, 0.1) is 0 Å². The molecule has 1 atom stereocenters. The van der Waals surface area contributed by atoms with E-state index in [1.165, 1.54) is 22.3 Å². The molecule has 0 aromatic heterocycles. The minimum atomic E-state index is 0.170. The minimum Gasteiger partial charge on any atom is -0.324 e.